The van der Waals surface area contributed by atoms with Crippen LogP contribution in [0.15, 0.2) is 60.0 Å². The first-order valence-electron chi connectivity index (χ1n) is 7.48. The predicted octanol–water partition coefficient (Wildman–Crippen LogP) is 4.26. The minimum atomic E-state index is -3.66. The Morgan fingerprint density at radius 2 is 1.64 bits per heavy atom. The van der Waals surface area contributed by atoms with Crippen molar-refractivity contribution in [1.29, 1.82) is 0 Å². The molecular weight excluding hydrogens is 344 g/mol. The molecule has 3 rings (SSSR count). The van der Waals surface area contributed by atoms with Crippen LogP contribution in [-0.4, -0.2) is 35.1 Å². The van der Waals surface area contributed by atoms with Gasteiger partial charge in [-0.25, -0.2) is 9.97 Å². The molecule has 0 bridgehead atoms. The number of fused-ring (bicyclic) bond motifs is 1. The zero-order valence-electron chi connectivity index (χ0n) is 13.6. The normalized spacial score (nSPS) is 11.5. The number of benzene rings is 2. The Bertz CT molecular complexity index is 917. The highest BCUT2D eigenvalue weighted by Crippen LogP contribution is 2.39. The molecule has 7 heteroatoms. The highest BCUT2D eigenvalue weighted by molar-refractivity contribution is 8.00. The maximum Gasteiger partial charge on any atom is 0.363 e. The molecule has 3 aromatic rings. The number of halogens is 2. The van der Waals surface area contributed by atoms with Crippen molar-refractivity contribution in [2.45, 2.75) is 10.4 Å². The summed E-state index contributed by atoms with van der Waals surface area (Å²) in [5, 5.41) is -2.57. The zero-order valence-corrected chi connectivity index (χ0v) is 14.4. The average Bonchev–Trinajstić information content (AvgIpc) is 2.60. The van der Waals surface area contributed by atoms with Crippen molar-refractivity contribution in [2.75, 3.05) is 19.0 Å². The van der Waals surface area contributed by atoms with Gasteiger partial charge >= 0.3 is 5.25 Å². The Morgan fingerprint density at radius 3 is 2.28 bits per heavy atom. The molecule has 0 aliphatic rings. The molecule has 0 N–H and O–H groups in total. The lowest BCUT2D eigenvalue weighted by molar-refractivity contribution is 0.0567. The summed E-state index contributed by atoms with van der Waals surface area (Å²) in [6.45, 7) is 0. The van der Waals surface area contributed by atoms with E-state index in [-0.39, 0.29) is 22.5 Å². The fourth-order valence-corrected chi connectivity index (χ4v) is 3.19. The fraction of sp³-hybridized carbons (Fsp3) is 0.167. The van der Waals surface area contributed by atoms with Crippen LogP contribution in [-0.2, 0) is 0 Å². The molecule has 25 heavy (non-hydrogen) atoms. The van der Waals surface area contributed by atoms with Crippen LogP contribution in [0.4, 0.5) is 14.5 Å². The highest BCUT2D eigenvalue weighted by Gasteiger charge is 2.42. The lowest BCUT2D eigenvalue weighted by Gasteiger charge is -2.19. The molecule has 128 valence electrons. The number of thioether (sulfide) groups is 1. The van der Waals surface area contributed by atoms with Gasteiger partial charge in [-0.3, -0.25) is 4.79 Å². The molecular formula is C18H15F2N3OS. The lowest BCUT2D eigenvalue weighted by atomic mass is 9.99. The first-order chi connectivity index (χ1) is 11.9. The van der Waals surface area contributed by atoms with Crippen LogP contribution in [0.5, 0.6) is 0 Å². The largest absolute Gasteiger partial charge is 0.377 e. The SMILES string of the molecule is CN(C)c1ccc(C(=O)C(F)(F)Sc2ncccn2)c2ccccc12. The molecule has 0 aliphatic heterocycles. The smallest absolute Gasteiger partial charge is 0.363 e. The number of carbonyl (C=O) groups excluding carboxylic acids is 1. The van der Waals surface area contributed by atoms with Crippen molar-refractivity contribution >= 4 is 34.0 Å². The topological polar surface area (TPSA) is 46.1 Å². The Hall–Kier alpha value is -2.54. The van der Waals surface area contributed by atoms with Crippen LogP contribution in [0.3, 0.4) is 0 Å². The zero-order chi connectivity index (χ0) is 18.0. The molecule has 0 spiro atoms. The van der Waals surface area contributed by atoms with Crippen LogP contribution in [0.2, 0.25) is 0 Å². The summed E-state index contributed by atoms with van der Waals surface area (Å²) in [5.74, 6) is -1.26. The van der Waals surface area contributed by atoms with Gasteiger partial charge in [0, 0.05) is 43.1 Å². The second-order valence-corrected chi connectivity index (χ2v) is 6.63. The van der Waals surface area contributed by atoms with E-state index in [1.807, 2.05) is 31.1 Å². The number of anilines is 1. The molecule has 0 unspecified atom stereocenters. The quantitative estimate of drug-likeness (QED) is 0.387. The van der Waals surface area contributed by atoms with Crippen molar-refractivity contribution in [3.05, 3.63) is 60.4 Å². The average molecular weight is 359 g/mol. The summed E-state index contributed by atoms with van der Waals surface area (Å²) < 4.78 is 29.0. The predicted molar refractivity (Wildman–Crippen MR) is 95.4 cm³/mol. The van der Waals surface area contributed by atoms with Gasteiger partial charge in [0.25, 0.3) is 0 Å². The van der Waals surface area contributed by atoms with Gasteiger partial charge in [0.15, 0.2) is 5.16 Å². The number of ketones is 1. The van der Waals surface area contributed by atoms with E-state index in [0.29, 0.717) is 5.39 Å². The Balaban J connectivity index is 2.04. The van der Waals surface area contributed by atoms with E-state index < -0.39 is 11.0 Å². The van der Waals surface area contributed by atoms with Crippen molar-refractivity contribution in [3.63, 3.8) is 0 Å². The number of nitrogens with zero attached hydrogens (tertiary/aromatic N) is 3. The van der Waals surface area contributed by atoms with Gasteiger partial charge in [-0.2, -0.15) is 8.78 Å². The standard InChI is InChI=1S/C18H15F2N3OS/c1-23(2)15-9-8-14(12-6-3-4-7-13(12)15)16(24)18(19,20)25-17-21-10-5-11-22-17/h3-11H,1-2H3. The molecule has 0 amide bonds. The van der Waals surface area contributed by atoms with E-state index >= 15 is 0 Å². The fourth-order valence-electron chi connectivity index (χ4n) is 2.53. The number of rotatable bonds is 5. The third-order valence-corrected chi connectivity index (χ3v) is 4.49. The molecule has 0 atom stereocenters. The molecule has 1 heterocycles. The van der Waals surface area contributed by atoms with Gasteiger partial charge in [-0.15, -0.1) is 0 Å². The van der Waals surface area contributed by atoms with Crippen LogP contribution in [0, 0.1) is 0 Å². The molecule has 1 aromatic heterocycles. The van der Waals surface area contributed by atoms with Gasteiger partial charge in [0.2, 0.25) is 5.78 Å². The minimum Gasteiger partial charge on any atom is -0.377 e. The van der Waals surface area contributed by atoms with Gasteiger partial charge in [-0.1, -0.05) is 24.3 Å². The molecule has 4 nitrogen and oxygen atoms in total. The van der Waals surface area contributed by atoms with Crippen LogP contribution in [0.1, 0.15) is 10.4 Å². The summed E-state index contributed by atoms with van der Waals surface area (Å²) in [5.41, 5.74) is 0.837. The maximum atomic E-state index is 14.5. The number of hydrogen-bond acceptors (Lipinski definition) is 5. The minimum absolute atomic E-state index is 0.0189. The van der Waals surface area contributed by atoms with E-state index in [0.717, 1.165) is 11.1 Å². The maximum absolute atomic E-state index is 14.5. The molecule has 0 saturated heterocycles. The molecule has 2 aromatic carbocycles. The number of Topliss-reactive ketones (excluding diaryl/α,β-unsaturated/α-hetero) is 1. The first kappa shape index (κ1) is 17.3. The second kappa shape index (κ2) is 6.76. The van der Waals surface area contributed by atoms with Crippen LogP contribution in [0.25, 0.3) is 10.8 Å². The molecule has 0 fully saturated rings. The van der Waals surface area contributed by atoms with Crippen molar-refractivity contribution < 1.29 is 13.6 Å². The lowest BCUT2D eigenvalue weighted by Crippen LogP contribution is -2.25. The van der Waals surface area contributed by atoms with Crippen molar-refractivity contribution in [2.24, 2.45) is 0 Å². The van der Waals surface area contributed by atoms with Gasteiger partial charge in [0.1, 0.15) is 0 Å². The van der Waals surface area contributed by atoms with Crippen LogP contribution >= 0.6 is 11.8 Å². The summed E-state index contributed by atoms with van der Waals surface area (Å²) in [4.78, 5) is 21.9. The Morgan fingerprint density at radius 1 is 1.00 bits per heavy atom. The van der Waals surface area contributed by atoms with Crippen molar-refractivity contribution in [3.8, 4) is 0 Å². The third kappa shape index (κ3) is 3.46. The monoisotopic (exact) mass is 359 g/mol. The van der Waals surface area contributed by atoms with Crippen LogP contribution < -0.4 is 4.90 Å². The van der Waals surface area contributed by atoms with Gasteiger partial charge in [0.05, 0.1) is 0 Å². The molecule has 0 aliphatic carbocycles. The molecule has 0 radical (unpaired) electrons. The number of alkyl halides is 2. The molecule has 0 saturated carbocycles. The van der Waals surface area contributed by atoms with Gasteiger partial charge in [-0.05, 0) is 35.3 Å². The summed E-state index contributed by atoms with van der Waals surface area (Å²) >= 11 is 0.0524. The Labute approximate surface area is 147 Å². The van der Waals surface area contributed by atoms with E-state index in [9.17, 15) is 13.6 Å². The number of aromatic nitrogens is 2. The Kier molecular flexibility index (Phi) is 4.67. The summed E-state index contributed by atoms with van der Waals surface area (Å²) in [6.07, 6.45) is 2.72. The number of carbonyl (C=O) groups is 1. The summed E-state index contributed by atoms with van der Waals surface area (Å²) in [7, 11) is 3.72. The van der Waals surface area contributed by atoms with E-state index in [2.05, 4.69) is 9.97 Å². The van der Waals surface area contributed by atoms with Gasteiger partial charge < -0.3 is 4.90 Å². The highest BCUT2D eigenvalue weighted by atomic mass is 32.2. The first-order valence-corrected chi connectivity index (χ1v) is 8.29. The number of hydrogen-bond donors (Lipinski definition) is 0. The van der Waals surface area contributed by atoms with E-state index in [4.69, 9.17) is 0 Å². The van der Waals surface area contributed by atoms with Crippen molar-refractivity contribution in [1.82, 2.24) is 9.97 Å². The van der Waals surface area contributed by atoms with E-state index in [1.54, 1.807) is 18.2 Å². The third-order valence-electron chi connectivity index (χ3n) is 3.65. The second-order valence-electron chi connectivity index (χ2n) is 5.55. The van der Waals surface area contributed by atoms with E-state index in [1.165, 1.54) is 24.5 Å². The summed E-state index contributed by atoms with van der Waals surface area (Å²) in [6, 6.07) is 11.7.